The van der Waals surface area contributed by atoms with Gasteiger partial charge in [0.2, 0.25) is 0 Å². The lowest BCUT2D eigenvalue weighted by atomic mass is 10.0. The van der Waals surface area contributed by atoms with E-state index in [-0.39, 0.29) is 0 Å². The van der Waals surface area contributed by atoms with Crippen molar-refractivity contribution in [1.82, 2.24) is 5.32 Å². The van der Waals surface area contributed by atoms with Gasteiger partial charge in [-0.1, -0.05) is 54.6 Å². The molecule has 1 N–H and O–H groups in total. The minimum atomic E-state index is 0.360. The first kappa shape index (κ1) is 13.4. The highest BCUT2D eigenvalue weighted by Gasteiger charge is 2.00. The molecule has 1 heteroatoms. The molecule has 0 aliphatic rings. The molecule has 2 aromatic rings. The Hall–Kier alpha value is -2.04. The zero-order valence-corrected chi connectivity index (χ0v) is 11.3. The van der Waals surface area contributed by atoms with E-state index in [1.807, 2.05) is 6.07 Å². The first-order valence-corrected chi connectivity index (χ1v) is 6.61. The molecular weight excluding hydrogens is 230 g/mol. The van der Waals surface area contributed by atoms with Gasteiger partial charge in [-0.3, -0.25) is 0 Å². The Bertz CT molecular complexity index is 534. The summed E-state index contributed by atoms with van der Waals surface area (Å²) < 4.78 is 0. The Kier molecular flexibility index (Phi) is 4.78. The molecule has 0 saturated heterocycles. The van der Waals surface area contributed by atoms with E-state index in [9.17, 15) is 0 Å². The molecule has 1 nitrogen and oxygen atoms in total. The molecule has 96 valence electrons. The van der Waals surface area contributed by atoms with Crippen LogP contribution in [0.25, 0.3) is 11.1 Å². The Balaban J connectivity index is 1.98. The predicted octanol–water partition coefficient (Wildman–Crippen LogP) is 3.86. The fraction of sp³-hybridized carbons (Fsp3) is 0.222. The quantitative estimate of drug-likeness (QED) is 0.794. The van der Waals surface area contributed by atoms with Gasteiger partial charge in [0.1, 0.15) is 0 Å². The normalized spacial score (nSPS) is 11.8. The second kappa shape index (κ2) is 6.78. The Morgan fingerprint density at radius 3 is 2.26 bits per heavy atom. The van der Waals surface area contributed by atoms with Gasteiger partial charge in [0.15, 0.2) is 0 Å². The van der Waals surface area contributed by atoms with E-state index in [4.69, 9.17) is 6.42 Å². The Morgan fingerprint density at radius 2 is 1.63 bits per heavy atom. The van der Waals surface area contributed by atoms with Crippen molar-refractivity contribution in [1.29, 1.82) is 0 Å². The summed E-state index contributed by atoms with van der Waals surface area (Å²) in [6, 6.07) is 19.4. The summed E-state index contributed by atoms with van der Waals surface area (Å²) in [5, 5.41) is 3.42. The maximum atomic E-state index is 5.29. The highest BCUT2D eigenvalue weighted by atomic mass is 14.9. The van der Waals surface area contributed by atoms with Crippen LogP contribution in [0.3, 0.4) is 0 Å². The molecule has 2 rings (SSSR count). The lowest BCUT2D eigenvalue weighted by Crippen LogP contribution is -2.24. The van der Waals surface area contributed by atoms with Crippen LogP contribution in [0.4, 0.5) is 0 Å². The zero-order chi connectivity index (χ0) is 13.5. The third-order valence-electron chi connectivity index (χ3n) is 3.14. The molecule has 1 atom stereocenters. The topological polar surface area (TPSA) is 12.0 Å². The van der Waals surface area contributed by atoms with Gasteiger partial charge in [0.25, 0.3) is 0 Å². The van der Waals surface area contributed by atoms with Crippen LogP contribution >= 0.6 is 0 Å². The molecule has 0 aromatic heterocycles. The van der Waals surface area contributed by atoms with Gasteiger partial charge in [-0.05, 0) is 23.6 Å². The minimum absolute atomic E-state index is 0.360. The molecule has 0 heterocycles. The van der Waals surface area contributed by atoms with Crippen molar-refractivity contribution in [2.75, 3.05) is 0 Å². The fourth-order valence-electron chi connectivity index (χ4n) is 1.99. The second-order valence-corrected chi connectivity index (χ2v) is 4.75. The largest absolute Gasteiger partial charge is 0.309 e. The smallest absolute Gasteiger partial charge is 0.0238 e. The third kappa shape index (κ3) is 3.98. The average Bonchev–Trinajstić information content (AvgIpc) is 2.47. The van der Waals surface area contributed by atoms with Gasteiger partial charge in [-0.15, -0.1) is 12.3 Å². The molecule has 1 unspecified atom stereocenters. The van der Waals surface area contributed by atoms with Crippen LogP contribution in [0.2, 0.25) is 0 Å². The number of terminal acetylenes is 1. The van der Waals surface area contributed by atoms with Crippen molar-refractivity contribution < 1.29 is 0 Å². The number of hydrogen-bond donors (Lipinski definition) is 1. The van der Waals surface area contributed by atoms with E-state index < -0.39 is 0 Å². The van der Waals surface area contributed by atoms with E-state index in [1.54, 1.807) is 0 Å². The molecule has 19 heavy (non-hydrogen) atoms. The van der Waals surface area contributed by atoms with Crippen LogP contribution in [-0.4, -0.2) is 6.04 Å². The first-order chi connectivity index (χ1) is 9.29. The summed E-state index contributed by atoms with van der Waals surface area (Å²) in [5.41, 5.74) is 3.78. The molecule has 0 radical (unpaired) electrons. The summed E-state index contributed by atoms with van der Waals surface area (Å²) in [6.07, 6.45) is 6.06. The maximum absolute atomic E-state index is 5.29. The summed E-state index contributed by atoms with van der Waals surface area (Å²) in [5.74, 6) is 2.67. The van der Waals surface area contributed by atoms with Gasteiger partial charge in [-0.2, -0.15) is 0 Å². The van der Waals surface area contributed by atoms with E-state index in [0.29, 0.717) is 6.04 Å². The van der Waals surface area contributed by atoms with Crippen molar-refractivity contribution in [3.05, 3.63) is 60.2 Å². The molecule has 0 amide bonds. The lowest BCUT2D eigenvalue weighted by molar-refractivity contribution is 0.559. The highest BCUT2D eigenvalue weighted by molar-refractivity contribution is 5.63. The minimum Gasteiger partial charge on any atom is -0.309 e. The van der Waals surface area contributed by atoms with Crippen molar-refractivity contribution in [2.24, 2.45) is 0 Å². The van der Waals surface area contributed by atoms with Gasteiger partial charge < -0.3 is 5.32 Å². The van der Waals surface area contributed by atoms with Crippen LogP contribution in [0.1, 0.15) is 18.9 Å². The number of hydrogen-bond acceptors (Lipinski definition) is 1. The maximum Gasteiger partial charge on any atom is 0.0238 e. The second-order valence-electron chi connectivity index (χ2n) is 4.75. The molecule has 0 aliphatic heterocycles. The van der Waals surface area contributed by atoms with Crippen LogP contribution in [0.15, 0.2) is 54.6 Å². The molecule has 0 spiro atoms. The molecule has 0 aliphatic carbocycles. The van der Waals surface area contributed by atoms with Crippen LogP contribution < -0.4 is 5.32 Å². The SMILES string of the molecule is C#CCC(C)NCc1ccc(-c2ccccc2)cc1. The van der Waals surface area contributed by atoms with E-state index >= 15 is 0 Å². The summed E-state index contributed by atoms with van der Waals surface area (Å²) in [7, 11) is 0. The van der Waals surface area contributed by atoms with Crippen molar-refractivity contribution >= 4 is 0 Å². The van der Waals surface area contributed by atoms with Crippen LogP contribution in [-0.2, 0) is 6.54 Å². The first-order valence-electron chi connectivity index (χ1n) is 6.61. The van der Waals surface area contributed by atoms with Gasteiger partial charge in [0, 0.05) is 19.0 Å². The highest BCUT2D eigenvalue weighted by Crippen LogP contribution is 2.19. The summed E-state index contributed by atoms with van der Waals surface area (Å²) in [6.45, 7) is 2.97. The van der Waals surface area contributed by atoms with Gasteiger partial charge in [0.05, 0.1) is 0 Å². The zero-order valence-electron chi connectivity index (χ0n) is 11.3. The predicted molar refractivity (Wildman–Crippen MR) is 81.6 cm³/mol. The van der Waals surface area contributed by atoms with Crippen molar-refractivity contribution in [2.45, 2.75) is 25.9 Å². The molecule has 0 bridgehead atoms. The van der Waals surface area contributed by atoms with Gasteiger partial charge >= 0.3 is 0 Å². The van der Waals surface area contributed by atoms with Crippen LogP contribution in [0, 0.1) is 12.3 Å². The van der Waals surface area contributed by atoms with E-state index in [2.05, 4.69) is 66.7 Å². The Morgan fingerprint density at radius 1 is 1.00 bits per heavy atom. The molecular formula is C18H19N. The van der Waals surface area contributed by atoms with Gasteiger partial charge in [-0.25, -0.2) is 0 Å². The third-order valence-corrected chi connectivity index (χ3v) is 3.14. The Labute approximate surface area is 115 Å². The number of benzene rings is 2. The van der Waals surface area contributed by atoms with E-state index in [1.165, 1.54) is 16.7 Å². The monoisotopic (exact) mass is 249 g/mol. The van der Waals surface area contributed by atoms with Crippen molar-refractivity contribution in [3.63, 3.8) is 0 Å². The van der Waals surface area contributed by atoms with Crippen molar-refractivity contribution in [3.8, 4) is 23.5 Å². The average molecular weight is 249 g/mol. The number of nitrogens with one attached hydrogen (secondary N) is 1. The summed E-state index contributed by atoms with van der Waals surface area (Å²) >= 11 is 0. The lowest BCUT2D eigenvalue weighted by Gasteiger charge is -2.11. The standard InChI is InChI=1S/C18H19N/c1-3-7-15(2)19-14-16-10-12-18(13-11-16)17-8-5-4-6-9-17/h1,4-6,8-13,15,19H,7,14H2,2H3. The fourth-order valence-corrected chi connectivity index (χ4v) is 1.99. The number of rotatable bonds is 5. The summed E-state index contributed by atoms with van der Waals surface area (Å²) in [4.78, 5) is 0. The van der Waals surface area contributed by atoms with E-state index in [0.717, 1.165) is 13.0 Å². The molecule has 2 aromatic carbocycles. The molecule has 0 fully saturated rings. The van der Waals surface area contributed by atoms with Crippen LogP contribution in [0.5, 0.6) is 0 Å². The molecule has 0 saturated carbocycles.